The van der Waals surface area contributed by atoms with Gasteiger partial charge in [0.2, 0.25) is 0 Å². The largest absolute Gasteiger partial charge is 0.501 e. The number of rotatable bonds is 5. The van der Waals surface area contributed by atoms with E-state index in [4.69, 9.17) is 4.74 Å². The molecule has 0 aromatic heterocycles. The highest BCUT2D eigenvalue weighted by molar-refractivity contribution is 5.32. The Kier molecular flexibility index (Phi) is 3.98. The highest BCUT2D eigenvalue weighted by atomic mass is 16.5. The van der Waals surface area contributed by atoms with Gasteiger partial charge in [0.1, 0.15) is 0 Å². The van der Waals surface area contributed by atoms with E-state index >= 15 is 0 Å². The zero-order valence-electron chi connectivity index (χ0n) is 9.75. The summed E-state index contributed by atoms with van der Waals surface area (Å²) in [6, 6.07) is 20.8. The Labute approximate surface area is 102 Å². The third kappa shape index (κ3) is 2.97. The van der Waals surface area contributed by atoms with Crippen molar-refractivity contribution in [3.8, 4) is 0 Å². The Bertz CT molecular complexity index is 408. The minimum absolute atomic E-state index is 0.260. The normalized spacial score (nSPS) is 10.2. The SMILES string of the molecule is C=COCC(c1ccccc1)c1ccccc1. The Morgan fingerprint density at radius 1 is 0.882 bits per heavy atom. The summed E-state index contributed by atoms with van der Waals surface area (Å²) in [6.45, 7) is 4.22. The lowest BCUT2D eigenvalue weighted by atomic mass is 9.92. The van der Waals surface area contributed by atoms with E-state index in [1.807, 2.05) is 12.1 Å². The van der Waals surface area contributed by atoms with Crippen molar-refractivity contribution in [3.05, 3.63) is 84.6 Å². The summed E-state index contributed by atoms with van der Waals surface area (Å²) in [4.78, 5) is 0. The molecule has 0 heterocycles. The second kappa shape index (κ2) is 5.90. The van der Waals surface area contributed by atoms with Gasteiger partial charge in [-0.05, 0) is 11.1 Å². The van der Waals surface area contributed by atoms with Gasteiger partial charge in [0.15, 0.2) is 0 Å². The summed E-state index contributed by atoms with van der Waals surface area (Å²) in [6.07, 6.45) is 1.50. The van der Waals surface area contributed by atoms with Crippen LogP contribution in [0.2, 0.25) is 0 Å². The van der Waals surface area contributed by atoms with Crippen molar-refractivity contribution < 1.29 is 4.74 Å². The van der Waals surface area contributed by atoms with Crippen molar-refractivity contribution in [1.82, 2.24) is 0 Å². The first-order chi connectivity index (χ1) is 8.42. The first kappa shape index (κ1) is 11.5. The summed E-state index contributed by atoms with van der Waals surface area (Å²) < 4.78 is 5.37. The lowest BCUT2D eigenvalue weighted by Crippen LogP contribution is -2.07. The van der Waals surface area contributed by atoms with E-state index < -0.39 is 0 Å². The van der Waals surface area contributed by atoms with E-state index in [0.29, 0.717) is 6.61 Å². The van der Waals surface area contributed by atoms with Gasteiger partial charge in [0.05, 0.1) is 12.9 Å². The molecule has 0 unspecified atom stereocenters. The average Bonchev–Trinajstić information content (AvgIpc) is 2.42. The maximum Gasteiger partial charge on any atom is 0.0982 e. The number of hydrogen-bond acceptors (Lipinski definition) is 1. The van der Waals surface area contributed by atoms with Crippen molar-refractivity contribution in [2.45, 2.75) is 5.92 Å². The maximum absolute atomic E-state index is 5.37. The lowest BCUT2D eigenvalue weighted by molar-refractivity contribution is 0.239. The fourth-order valence-corrected chi connectivity index (χ4v) is 1.92. The molecular weight excluding hydrogens is 208 g/mol. The van der Waals surface area contributed by atoms with Crippen LogP contribution in [-0.4, -0.2) is 6.61 Å². The van der Waals surface area contributed by atoms with Crippen LogP contribution in [0.15, 0.2) is 73.5 Å². The van der Waals surface area contributed by atoms with Gasteiger partial charge in [0, 0.05) is 5.92 Å². The molecule has 0 radical (unpaired) electrons. The van der Waals surface area contributed by atoms with Crippen LogP contribution in [0, 0.1) is 0 Å². The van der Waals surface area contributed by atoms with Gasteiger partial charge in [0.25, 0.3) is 0 Å². The molecule has 2 aromatic rings. The fourth-order valence-electron chi connectivity index (χ4n) is 1.92. The topological polar surface area (TPSA) is 9.23 Å². The second-order valence-electron chi connectivity index (χ2n) is 3.87. The minimum atomic E-state index is 0.260. The molecule has 0 amide bonds. The summed E-state index contributed by atoms with van der Waals surface area (Å²) in [7, 11) is 0. The Balaban J connectivity index is 2.29. The van der Waals surface area contributed by atoms with Crippen LogP contribution < -0.4 is 0 Å². The third-order valence-corrected chi connectivity index (χ3v) is 2.78. The van der Waals surface area contributed by atoms with Crippen molar-refractivity contribution in [2.24, 2.45) is 0 Å². The molecule has 0 aliphatic rings. The highest BCUT2D eigenvalue weighted by Gasteiger charge is 2.13. The third-order valence-electron chi connectivity index (χ3n) is 2.78. The summed E-state index contributed by atoms with van der Waals surface area (Å²) >= 11 is 0. The molecule has 0 atom stereocenters. The zero-order valence-corrected chi connectivity index (χ0v) is 9.75. The quantitative estimate of drug-likeness (QED) is 0.698. The van der Waals surface area contributed by atoms with Crippen molar-refractivity contribution in [1.29, 1.82) is 0 Å². The molecular formula is C16H16O. The van der Waals surface area contributed by atoms with Gasteiger partial charge in [-0.1, -0.05) is 67.2 Å². The standard InChI is InChI=1S/C16H16O/c1-2-17-13-16(14-9-5-3-6-10-14)15-11-7-4-8-12-15/h2-12,16H,1,13H2. The molecule has 2 rings (SSSR count). The molecule has 0 fully saturated rings. The highest BCUT2D eigenvalue weighted by Crippen LogP contribution is 2.24. The van der Waals surface area contributed by atoms with Gasteiger partial charge in [-0.15, -0.1) is 0 Å². The maximum atomic E-state index is 5.37. The smallest absolute Gasteiger partial charge is 0.0982 e. The second-order valence-corrected chi connectivity index (χ2v) is 3.87. The van der Waals surface area contributed by atoms with Crippen LogP contribution in [0.5, 0.6) is 0 Å². The van der Waals surface area contributed by atoms with E-state index in [2.05, 4.69) is 55.1 Å². The van der Waals surface area contributed by atoms with Crippen molar-refractivity contribution in [3.63, 3.8) is 0 Å². The van der Waals surface area contributed by atoms with Gasteiger partial charge < -0.3 is 4.74 Å². The summed E-state index contributed by atoms with van der Waals surface area (Å²) in [5.41, 5.74) is 2.53. The molecule has 17 heavy (non-hydrogen) atoms. The minimum Gasteiger partial charge on any atom is -0.501 e. The Hall–Kier alpha value is -2.02. The average molecular weight is 224 g/mol. The van der Waals surface area contributed by atoms with Crippen LogP contribution >= 0.6 is 0 Å². The summed E-state index contributed by atoms with van der Waals surface area (Å²) in [5.74, 6) is 0.260. The van der Waals surface area contributed by atoms with Gasteiger partial charge >= 0.3 is 0 Å². The molecule has 2 aromatic carbocycles. The van der Waals surface area contributed by atoms with Crippen LogP contribution in [0.3, 0.4) is 0 Å². The van der Waals surface area contributed by atoms with E-state index in [0.717, 1.165) is 0 Å². The Morgan fingerprint density at radius 3 is 1.76 bits per heavy atom. The van der Waals surface area contributed by atoms with Gasteiger partial charge in [-0.2, -0.15) is 0 Å². The molecule has 0 spiro atoms. The first-order valence-corrected chi connectivity index (χ1v) is 5.74. The predicted molar refractivity (Wildman–Crippen MR) is 70.9 cm³/mol. The van der Waals surface area contributed by atoms with Crippen LogP contribution in [0.1, 0.15) is 17.0 Å². The van der Waals surface area contributed by atoms with Crippen LogP contribution in [-0.2, 0) is 4.74 Å². The molecule has 0 bridgehead atoms. The van der Waals surface area contributed by atoms with E-state index in [1.165, 1.54) is 17.4 Å². The van der Waals surface area contributed by atoms with E-state index in [1.54, 1.807) is 0 Å². The molecule has 1 heteroatoms. The first-order valence-electron chi connectivity index (χ1n) is 5.74. The zero-order chi connectivity index (χ0) is 11.9. The molecule has 86 valence electrons. The van der Waals surface area contributed by atoms with Gasteiger partial charge in [-0.25, -0.2) is 0 Å². The molecule has 0 aliphatic carbocycles. The summed E-state index contributed by atoms with van der Waals surface area (Å²) in [5, 5.41) is 0. The number of ether oxygens (including phenoxy) is 1. The van der Waals surface area contributed by atoms with Crippen LogP contribution in [0.4, 0.5) is 0 Å². The number of benzene rings is 2. The van der Waals surface area contributed by atoms with E-state index in [-0.39, 0.29) is 5.92 Å². The molecule has 0 saturated carbocycles. The molecule has 0 aliphatic heterocycles. The van der Waals surface area contributed by atoms with E-state index in [9.17, 15) is 0 Å². The van der Waals surface area contributed by atoms with Crippen molar-refractivity contribution in [2.75, 3.05) is 6.61 Å². The molecule has 0 N–H and O–H groups in total. The predicted octanol–water partition coefficient (Wildman–Crippen LogP) is 3.98. The van der Waals surface area contributed by atoms with Gasteiger partial charge in [-0.3, -0.25) is 0 Å². The van der Waals surface area contributed by atoms with Crippen LogP contribution in [0.25, 0.3) is 0 Å². The number of hydrogen-bond donors (Lipinski definition) is 0. The van der Waals surface area contributed by atoms with Crippen molar-refractivity contribution >= 4 is 0 Å². The monoisotopic (exact) mass is 224 g/mol. The Morgan fingerprint density at radius 2 is 1.35 bits per heavy atom. The molecule has 1 nitrogen and oxygen atoms in total. The molecule has 0 saturated heterocycles. The fraction of sp³-hybridized carbons (Fsp3) is 0.125. The lowest BCUT2D eigenvalue weighted by Gasteiger charge is -2.17.